The molecule has 9 heteroatoms. The SMILES string of the molecule is NC(Nc1cccc2ccccc12)=[NH+]c1nc(-c2cccs2)cc(C(F)(F)F)n1. The van der Waals surface area contributed by atoms with Crippen molar-refractivity contribution in [3.63, 3.8) is 0 Å². The lowest BCUT2D eigenvalue weighted by atomic mass is 10.1. The lowest BCUT2D eigenvalue weighted by Gasteiger charge is -2.07. The number of guanidine groups is 1. The summed E-state index contributed by atoms with van der Waals surface area (Å²) < 4.78 is 39.8. The fraction of sp³-hybridized carbons (Fsp3) is 0.0500. The zero-order valence-corrected chi connectivity index (χ0v) is 15.7. The molecule has 0 saturated heterocycles. The second-order valence-electron chi connectivity index (χ2n) is 6.13. The van der Waals surface area contributed by atoms with Crippen molar-refractivity contribution in [3.8, 4) is 10.6 Å². The van der Waals surface area contributed by atoms with E-state index in [2.05, 4.69) is 20.3 Å². The van der Waals surface area contributed by atoms with Gasteiger partial charge in [0, 0.05) is 11.5 Å². The van der Waals surface area contributed by atoms with E-state index < -0.39 is 11.9 Å². The first-order chi connectivity index (χ1) is 13.9. The smallest absolute Gasteiger partial charge is 0.322 e. The third-order valence-electron chi connectivity index (χ3n) is 4.10. The predicted molar refractivity (Wildman–Crippen MR) is 108 cm³/mol. The van der Waals surface area contributed by atoms with Crippen LogP contribution in [-0.4, -0.2) is 15.9 Å². The van der Waals surface area contributed by atoms with Gasteiger partial charge in [-0.25, -0.2) is 4.99 Å². The number of nitrogens with zero attached hydrogens (tertiary/aromatic N) is 2. The molecule has 0 saturated carbocycles. The zero-order chi connectivity index (χ0) is 20.4. The maximum Gasteiger partial charge on any atom is 0.443 e. The largest absolute Gasteiger partial charge is 0.443 e. The Labute approximate surface area is 167 Å². The highest BCUT2D eigenvalue weighted by Crippen LogP contribution is 2.31. The molecule has 0 unspecified atom stereocenters. The first-order valence-electron chi connectivity index (χ1n) is 8.54. The fourth-order valence-electron chi connectivity index (χ4n) is 2.83. The molecule has 0 aliphatic rings. The van der Waals surface area contributed by atoms with E-state index in [1.165, 1.54) is 11.3 Å². The number of hydrogen-bond acceptors (Lipinski definition) is 3. The minimum absolute atomic E-state index is 0.0119. The molecule has 5 nitrogen and oxygen atoms in total. The van der Waals surface area contributed by atoms with Gasteiger partial charge in [-0.15, -0.1) is 21.3 Å². The van der Waals surface area contributed by atoms with E-state index in [4.69, 9.17) is 5.73 Å². The summed E-state index contributed by atoms with van der Waals surface area (Å²) in [5.41, 5.74) is 5.82. The van der Waals surface area contributed by atoms with Crippen molar-refractivity contribution in [3.05, 3.63) is 71.7 Å². The summed E-state index contributed by atoms with van der Waals surface area (Å²) in [5.74, 6) is -0.230. The highest BCUT2D eigenvalue weighted by Gasteiger charge is 2.36. The van der Waals surface area contributed by atoms with Gasteiger partial charge in [-0.3, -0.25) is 5.32 Å². The number of anilines is 1. The van der Waals surface area contributed by atoms with Crippen LogP contribution in [0.3, 0.4) is 0 Å². The average molecular weight is 414 g/mol. The van der Waals surface area contributed by atoms with Gasteiger partial charge >= 0.3 is 12.1 Å². The molecule has 2 aromatic heterocycles. The molecule has 0 amide bonds. The fourth-order valence-corrected chi connectivity index (χ4v) is 3.52. The minimum atomic E-state index is -4.61. The van der Waals surface area contributed by atoms with Gasteiger partial charge in [0.2, 0.25) is 0 Å². The van der Waals surface area contributed by atoms with Crippen molar-refractivity contribution in [1.29, 1.82) is 0 Å². The molecule has 0 aliphatic heterocycles. The summed E-state index contributed by atoms with van der Waals surface area (Å²) in [6.07, 6.45) is -4.61. The molecule has 2 aromatic carbocycles. The Kier molecular flexibility index (Phi) is 4.89. The quantitative estimate of drug-likeness (QED) is 0.354. The Hall–Kier alpha value is -3.46. The Morgan fingerprint density at radius 3 is 2.55 bits per heavy atom. The van der Waals surface area contributed by atoms with Crippen LogP contribution in [0.4, 0.5) is 24.8 Å². The Balaban J connectivity index is 1.72. The zero-order valence-electron chi connectivity index (χ0n) is 14.9. The van der Waals surface area contributed by atoms with E-state index in [9.17, 15) is 13.2 Å². The minimum Gasteiger partial charge on any atom is -0.322 e. The number of benzene rings is 2. The third-order valence-corrected chi connectivity index (χ3v) is 4.99. The van der Waals surface area contributed by atoms with Gasteiger partial charge in [0.15, 0.2) is 5.69 Å². The highest BCUT2D eigenvalue weighted by atomic mass is 32.1. The number of halogens is 3. The van der Waals surface area contributed by atoms with Crippen LogP contribution in [0.15, 0.2) is 66.0 Å². The number of rotatable bonds is 3. The molecule has 0 bridgehead atoms. The Morgan fingerprint density at radius 1 is 1.00 bits per heavy atom. The number of nitrogens with two attached hydrogens (primary N) is 1. The maximum atomic E-state index is 13.3. The lowest BCUT2D eigenvalue weighted by molar-refractivity contribution is -0.365. The van der Waals surface area contributed by atoms with E-state index in [-0.39, 0.29) is 17.6 Å². The number of fused-ring (bicyclic) bond motifs is 1. The molecule has 2 heterocycles. The molecule has 29 heavy (non-hydrogen) atoms. The molecule has 0 fully saturated rings. The van der Waals surface area contributed by atoms with Gasteiger partial charge in [0.05, 0.1) is 10.6 Å². The van der Waals surface area contributed by atoms with E-state index in [0.29, 0.717) is 10.6 Å². The van der Waals surface area contributed by atoms with Crippen LogP contribution in [0.25, 0.3) is 21.3 Å². The molecule has 4 rings (SSSR count). The summed E-state index contributed by atoms with van der Waals surface area (Å²) in [6.45, 7) is 0. The topological polar surface area (TPSA) is 77.8 Å². The molecular formula is C20H15F3N5S+. The van der Waals surface area contributed by atoms with Crippen LogP contribution in [0.2, 0.25) is 0 Å². The summed E-state index contributed by atoms with van der Waals surface area (Å²) in [7, 11) is 0. The second kappa shape index (κ2) is 7.51. The number of nitrogens with one attached hydrogen (secondary N) is 2. The number of alkyl halides is 3. The van der Waals surface area contributed by atoms with Crippen LogP contribution in [-0.2, 0) is 6.18 Å². The average Bonchev–Trinajstić information content (AvgIpc) is 3.22. The number of aromatic nitrogens is 2. The standard InChI is InChI=1S/C20H14F3N5S/c21-20(22,23)17-11-15(16-9-4-10-29-16)26-19(27-17)28-18(24)25-14-8-3-6-12-5-1-2-7-13(12)14/h1-11H,(H3,24,25,26,27,28)/p+1. The van der Waals surface area contributed by atoms with E-state index in [0.717, 1.165) is 16.8 Å². The summed E-state index contributed by atoms with van der Waals surface area (Å²) in [5, 5.41) is 6.66. The van der Waals surface area contributed by atoms with Crippen LogP contribution in [0.5, 0.6) is 0 Å². The van der Waals surface area contributed by atoms with Gasteiger partial charge in [-0.2, -0.15) is 13.2 Å². The van der Waals surface area contributed by atoms with Crippen molar-refractivity contribution in [1.82, 2.24) is 9.97 Å². The Bertz CT molecular complexity index is 1180. The van der Waals surface area contributed by atoms with Gasteiger partial charge in [0.25, 0.3) is 5.96 Å². The van der Waals surface area contributed by atoms with E-state index in [1.54, 1.807) is 17.5 Å². The van der Waals surface area contributed by atoms with Gasteiger partial charge in [0.1, 0.15) is 5.69 Å². The molecule has 0 aliphatic carbocycles. The number of thiophene rings is 1. The summed E-state index contributed by atoms with van der Waals surface area (Å²) in [6, 6.07) is 17.7. The van der Waals surface area contributed by atoms with Crippen molar-refractivity contribution >= 4 is 39.7 Å². The van der Waals surface area contributed by atoms with Crippen molar-refractivity contribution in [2.45, 2.75) is 6.18 Å². The molecule has 146 valence electrons. The van der Waals surface area contributed by atoms with Crippen LogP contribution in [0, 0.1) is 0 Å². The summed E-state index contributed by atoms with van der Waals surface area (Å²) >= 11 is 1.29. The molecule has 0 spiro atoms. The summed E-state index contributed by atoms with van der Waals surface area (Å²) in [4.78, 5) is 11.0. The first kappa shape index (κ1) is 18.9. The van der Waals surface area contributed by atoms with Crippen molar-refractivity contribution in [2.24, 2.45) is 5.73 Å². The van der Waals surface area contributed by atoms with Crippen molar-refractivity contribution in [2.75, 3.05) is 5.32 Å². The predicted octanol–water partition coefficient (Wildman–Crippen LogP) is 3.52. The molecule has 4 aromatic rings. The first-order valence-corrected chi connectivity index (χ1v) is 9.42. The van der Waals surface area contributed by atoms with Crippen LogP contribution < -0.4 is 16.0 Å². The van der Waals surface area contributed by atoms with Gasteiger partial charge in [-0.05, 0) is 22.9 Å². The highest BCUT2D eigenvalue weighted by molar-refractivity contribution is 7.13. The normalized spacial score (nSPS) is 12.3. The molecule has 4 N–H and O–H groups in total. The van der Waals surface area contributed by atoms with E-state index in [1.807, 2.05) is 42.5 Å². The third kappa shape index (κ3) is 4.19. The van der Waals surface area contributed by atoms with Crippen molar-refractivity contribution < 1.29 is 18.2 Å². The van der Waals surface area contributed by atoms with Gasteiger partial charge < -0.3 is 5.73 Å². The van der Waals surface area contributed by atoms with Crippen LogP contribution >= 0.6 is 11.3 Å². The van der Waals surface area contributed by atoms with E-state index >= 15 is 0 Å². The van der Waals surface area contributed by atoms with Gasteiger partial charge in [-0.1, -0.05) is 42.5 Å². The number of hydrogen-bond donors (Lipinski definition) is 3. The molecule has 0 atom stereocenters. The molecular weight excluding hydrogens is 399 g/mol. The monoisotopic (exact) mass is 414 g/mol. The second-order valence-corrected chi connectivity index (χ2v) is 7.08. The lowest BCUT2D eigenvalue weighted by Crippen LogP contribution is -2.72. The molecule has 0 radical (unpaired) electrons. The Morgan fingerprint density at radius 2 is 1.79 bits per heavy atom. The van der Waals surface area contributed by atoms with Crippen LogP contribution in [0.1, 0.15) is 5.69 Å². The maximum absolute atomic E-state index is 13.3.